The summed E-state index contributed by atoms with van der Waals surface area (Å²) in [5.74, 6) is 0.834. The Kier molecular flexibility index (Phi) is 5.48. The van der Waals surface area contributed by atoms with Crippen LogP contribution in [0.2, 0.25) is 0 Å². The van der Waals surface area contributed by atoms with Crippen LogP contribution in [0.15, 0.2) is 35.6 Å². The fourth-order valence-corrected chi connectivity index (χ4v) is 4.78. The van der Waals surface area contributed by atoms with Gasteiger partial charge in [0.05, 0.1) is 36.2 Å². The third kappa shape index (κ3) is 4.09. The van der Waals surface area contributed by atoms with Crippen LogP contribution in [0.5, 0.6) is 0 Å². The Morgan fingerprint density at radius 3 is 2.72 bits per heavy atom. The van der Waals surface area contributed by atoms with Gasteiger partial charge in [0, 0.05) is 19.6 Å². The molecule has 0 atom stereocenters. The van der Waals surface area contributed by atoms with Gasteiger partial charge in [-0.15, -0.1) is 0 Å². The summed E-state index contributed by atoms with van der Waals surface area (Å²) in [4.78, 5) is 11.2. The average Bonchev–Trinajstić information content (AvgIpc) is 3.11. The number of hydrogen-bond acceptors (Lipinski definition) is 7. The minimum atomic E-state index is -3.59. The van der Waals surface area contributed by atoms with Crippen molar-refractivity contribution in [3.05, 3.63) is 41.9 Å². The zero-order valence-electron chi connectivity index (χ0n) is 16.5. The molecule has 0 spiro atoms. The van der Waals surface area contributed by atoms with Crippen molar-refractivity contribution < 1.29 is 13.2 Å². The number of ether oxygens (including phenoxy) is 1. The van der Waals surface area contributed by atoms with Crippen LogP contribution in [0.4, 0.5) is 5.82 Å². The van der Waals surface area contributed by atoms with E-state index in [2.05, 4.69) is 24.7 Å². The highest BCUT2D eigenvalue weighted by Crippen LogP contribution is 2.23. The maximum Gasteiger partial charge on any atom is 0.240 e. The molecule has 0 amide bonds. The summed E-state index contributed by atoms with van der Waals surface area (Å²) in [6.45, 7) is 7.19. The van der Waals surface area contributed by atoms with Gasteiger partial charge in [-0.3, -0.25) is 0 Å². The molecule has 1 aliphatic heterocycles. The predicted octanol–water partition coefficient (Wildman–Crippen LogP) is 1.26. The Balaban J connectivity index is 1.49. The van der Waals surface area contributed by atoms with Gasteiger partial charge in [-0.25, -0.2) is 27.8 Å². The van der Waals surface area contributed by atoms with Gasteiger partial charge in [0.1, 0.15) is 12.1 Å². The summed E-state index contributed by atoms with van der Waals surface area (Å²) in [5, 5.41) is 5.25. The molecule has 29 heavy (non-hydrogen) atoms. The van der Waals surface area contributed by atoms with E-state index < -0.39 is 10.0 Å². The summed E-state index contributed by atoms with van der Waals surface area (Å²) in [6, 6.07) is 5.30. The summed E-state index contributed by atoms with van der Waals surface area (Å²) in [5.41, 5.74) is 2.44. The van der Waals surface area contributed by atoms with Crippen molar-refractivity contribution in [2.75, 3.05) is 37.7 Å². The standard InChI is InChI=1S/C19H24N6O3S/c1-14-3-4-17(15(2)11-14)29(26,27)23-5-6-25-19-16(12-22-25)18(20-13-21-19)24-7-9-28-10-8-24/h3-4,11-13,23H,5-10H2,1-2H3. The molecule has 3 heterocycles. The number of fused-ring (bicyclic) bond motifs is 1. The monoisotopic (exact) mass is 416 g/mol. The molecule has 1 fully saturated rings. The molecule has 0 aliphatic carbocycles. The lowest BCUT2D eigenvalue weighted by Crippen LogP contribution is -2.36. The van der Waals surface area contributed by atoms with Crippen molar-refractivity contribution in [2.45, 2.75) is 25.3 Å². The largest absolute Gasteiger partial charge is 0.378 e. The fraction of sp³-hybridized carbons (Fsp3) is 0.421. The number of rotatable bonds is 6. The fourth-order valence-electron chi connectivity index (χ4n) is 3.54. The first-order valence-corrected chi connectivity index (χ1v) is 11.0. The van der Waals surface area contributed by atoms with Gasteiger partial charge < -0.3 is 9.64 Å². The predicted molar refractivity (Wildman–Crippen MR) is 109 cm³/mol. The number of nitrogens with zero attached hydrogens (tertiary/aromatic N) is 5. The molecule has 1 aromatic carbocycles. The molecule has 10 heteroatoms. The molecule has 2 aromatic heterocycles. The van der Waals surface area contributed by atoms with Crippen molar-refractivity contribution in [2.24, 2.45) is 0 Å². The third-order valence-corrected chi connectivity index (χ3v) is 6.58. The number of hydrogen-bond donors (Lipinski definition) is 1. The summed E-state index contributed by atoms with van der Waals surface area (Å²) in [7, 11) is -3.59. The summed E-state index contributed by atoms with van der Waals surface area (Å²) < 4.78 is 35.0. The molecule has 9 nitrogen and oxygen atoms in total. The number of nitrogens with one attached hydrogen (secondary N) is 1. The van der Waals surface area contributed by atoms with Gasteiger partial charge >= 0.3 is 0 Å². The second-order valence-corrected chi connectivity index (χ2v) is 8.80. The van der Waals surface area contributed by atoms with Crippen molar-refractivity contribution >= 4 is 26.9 Å². The van der Waals surface area contributed by atoms with Crippen LogP contribution in [-0.2, 0) is 21.3 Å². The number of anilines is 1. The maximum atomic E-state index is 12.6. The Morgan fingerprint density at radius 2 is 1.97 bits per heavy atom. The Morgan fingerprint density at radius 1 is 1.17 bits per heavy atom. The zero-order valence-corrected chi connectivity index (χ0v) is 17.3. The van der Waals surface area contributed by atoms with Crippen molar-refractivity contribution in [1.82, 2.24) is 24.5 Å². The molecular weight excluding hydrogens is 392 g/mol. The lowest BCUT2D eigenvalue weighted by Gasteiger charge is -2.27. The average molecular weight is 417 g/mol. The molecule has 1 N–H and O–H groups in total. The van der Waals surface area contributed by atoms with Crippen molar-refractivity contribution in [3.8, 4) is 0 Å². The highest BCUT2D eigenvalue weighted by atomic mass is 32.2. The van der Waals surface area contributed by atoms with Crippen LogP contribution < -0.4 is 9.62 Å². The minimum absolute atomic E-state index is 0.212. The molecule has 0 unspecified atom stereocenters. The molecule has 0 saturated carbocycles. The Hall–Kier alpha value is -2.56. The van der Waals surface area contributed by atoms with E-state index in [0.29, 0.717) is 30.3 Å². The molecule has 0 radical (unpaired) electrons. The van der Waals surface area contributed by atoms with Crippen molar-refractivity contribution in [3.63, 3.8) is 0 Å². The number of aryl methyl sites for hydroxylation is 2. The van der Waals surface area contributed by atoms with Crippen LogP contribution in [-0.4, -0.2) is 61.0 Å². The van der Waals surface area contributed by atoms with E-state index in [1.807, 2.05) is 13.0 Å². The SMILES string of the molecule is Cc1ccc(S(=O)(=O)NCCn2ncc3c(N4CCOCC4)ncnc32)c(C)c1. The van der Waals surface area contributed by atoms with Gasteiger partial charge in [-0.05, 0) is 25.5 Å². The maximum absolute atomic E-state index is 12.6. The van der Waals surface area contributed by atoms with E-state index in [-0.39, 0.29) is 6.54 Å². The highest BCUT2D eigenvalue weighted by Gasteiger charge is 2.19. The topological polar surface area (TPSA) is 102 Å². The van der Waals surface area contributed by atoms with E-state index in [0.717, 1.165) is 35.4 Å². The minimum Gasteiger partial charge on any atom is -0.378 e. The molecule has 3 aromatic rings. The molecule has 0 bridgehead atoms. The number of morpholine rings is 1. The first kappa shape index (κ1) is 19.7. The van der Waals surface area contributed by atoms with E-state index in [1.165, 1.54) is 6.33 Å². The number of sulfonamides is 1. The van der Waals surface area contributed by atoms with Gasteiger partial charge in [0.25, 0.3) is 0 Å². The van der Waals surface area contributed by atoms with Crippen LogP contribution in [0, 0.1) is 13.8 Å². The molecule has 1 saturated heterocycles. The second-order valence-electron chi connectivity index (χ2n) is 7.07. The lowest BCUT2D eigenvalue weighted by molar-refractivity contribution is 0.122. The Bertz CT molecular complexity index is 1120. The summed E-state index contributed by atoms with van der Waals surface area (Å²) in [6.07, 6.45) is 3.25. The quantitative estimate of drug-likeness (QED) is 0.645. The van der Waals surface area contributed by atoms with Gasteiger partial charge in [0.15, 0.2) is 5.65 Å². The lowest BCUT2D eigenvalue weighted by atomic mass is 10.2. The van der Waals surface area contributed by atoms with Crippen LogP contribution in [0.3, 0.4) is 0 Å². The smallest absolute Gasteiger partial charge is 0.240 e. The van der Waals surface area contributed by atoms with E-state index in [9.17, 15) is 8.42 Å². The highest BCUT2D eigenvalue weighted by molar-refractivity contribution is 7.89. The van der Waals surface area contributed by atoms with Gasteiger partial charge in [0.2, 0.25) is 10.0 Å². The molecular formula is C19H24N6O3S. The Labute approximate surface area is 169 Å². The summed E-state index contributed by atoms with van der Waals surface area (Å²) >= 11 is 0. The van der Waals surface area contributed by atoms with Crippen LogP contribution >= 0.6 is 0 Å². The van der Waals surface area contributed by atoms with E-state index in [4.69, 9.17) is 4.74 Å². The zero-order chi connectivity index (χ0) is 20.4. The van der Waals surface area contributed by atoms with Crippen LogP contribution in [0.1, 0.15) is 11.1 Å². The third-order valence-electron chi connectivity index (χ3n) is 4.96. The van der Waals surface area contributed by atoms with Crippen molar-refractivity contribution in [1.29, 1.82) is 0 Å². The van der Waals surface area contributed by atoms with Gasteiger partial charge in [-0.2, -0.15) is 5.10 Å². The number of benzene rings is 1. The normalized spacial score (nSPS) is 15.2. The van der Waals surface area contributed by atoms with Gasteiger partial charge in [-0.1, -0.05) is 17.7 Å². The first-order chi connectivity index (χ1) is 14.0. The second kappa shape index (κ2) is 8.05. The molecule has 4 rings (SSSR count). The van der Waals surface area contributed by atoms with E-state index in [1.54, 1.807) is 29.9 Å². The number of aromatic nitrogens is 4. The molecule has 1 aliphatic rings. The van der Waals surface area contributed by atoms with Crippen LogP contribution in [0.25, 0.3) is 11.0 Å². The van der Waals surface area contributed by atoms with E-state index >= 15 is 0 Å². The first-order valence-electron chi connectivity index (χ1n) is 9.52. The molecule has 154 valence electrons.